The van der Waals surface area contributed by atoms with Gasteiger partial charge in [0, 0.05) is 35.7 Å². The lowest BCUT2D eigenvalue weighted by Gasteiger charge is -2.07. The van der Waals surface area contributed by atoms with Crippen LogP contribution in [0.5, 0.6) is 0 Å². The molecule has 3 aromatic rings. The highest BCUT2D eigenvalue weighted by Gasteiger charge is 2.18. The van der Waals surface area contributed by atoms with Gasteiger partial charge in [-0.05, 0) is 12.5 Å². The summed E-state index contributed by atoms with van der Waals surface area (Å²) in [4.78, 5) is 11.7. The molecular weight excluding hydrogens is 264 g/mol. The number of aromatic nitrogens is 3. The van der Waals surface area contributed by atoms with E-state index in [1.807, 2.05) is 12.3 Å². The summed E-state index contributed by atoms with van der Waals surface area (Å²) < 4.78 is 5.90. The van der Waals surface area contributed by atoms with Crippen LogP contribution in [0.3, 0.4) is 0 Å². The summed E-state index contributed by atoms with van der Waals surface area (Å²) in [6, 6.07) is 4.20. The number of nitrogens with one attached hydrogen (secondary N) is 1. The number of oxazole rings is 1. The topological polar surface area (TPSA) is 78.5 Å². The molecule has 5 nitrogen and oxygen atoms in total. The third-order valence-corrected chi connectivity index (χ3v) is 3.59. The lowest BCUT2D eigenvalue weighted by molar-refractivity contribution is 0.438. The highest BCUT2D eigenvalue weighted by Crippen LogP contribution is 2.31. The van der Waals surface area contributed by atoms with Crippen LogP contribution in [0.25, 0.3) is 22.2 Å². The molecule has 5 heteroatoms. The maximum Gasteiger partial charge on any atom is 0.199 e. The molecule has 1 N–H and O–H groups in total. The summed E-state index contributed by atoms with van der Waals surface area (Å²) in [5.74, 6) is 1.40. The Morgan fingerprint density at radius 2 is 2.29 bits per heavy atom. The molecule has 0 aliphatic heterocycles. The Balaban J connectivity index is 1.98. The molecule has 1 atom stereocenters. The predicted octanol–water partition coefficient (Wildman–Crippen LogP) is 4.02. The van der Waals surface area contributed by atoms with Gasteiger partial charge in [0.15, 0.2) is 11.7 Å². The van der Waals surface area contributed by atoms with Gasteiger partial charge < -0.3 is 9.40 Å². The Hall–Kier alpha value is -2.61. The van der Waals surface area contributed by atoms with Gasteiger partial charge in [0.05, 0.1) is 24.0 Å². The van der Waals surface area contributed by atoms with Crippen LogP contribution < -0.4 is 0 Å². The van der Waals surface area contributed by atoms with Crippen LogP contribution in [-0.2, 0) is 0 Å². The molecule has 21 heavy (non-hydrogen) atoms. The number of nitrogens with zero attached hydrogens (tertiary/aromatic N) is 3. The maximum atomic E-state index is 8.93. The van der Waals surface area contributed by atoms with Crippen molar-refractivity contribution in [2.24, 2.45) is 0 Å². The van der Waals surface area contributed by atoms with Gasteiger partial charge in [-0.3, -0.25) is 4.98 Å². The second-order valence-electron chi connectivity index (χ2n) is 5.04. The van der Waals surface area contributed by atoms with E-state index in [2.05, 4.69) is 27.9 Å². The lowest BCUT2D eigenvalue weighted by Crippen LogP contribution is -1.97. The Bertz CT molecular complexity index is 781. The molecular formula is C16H16N4O. The molecule has 0 saturated heterocycles. The number of aromatic amines is 1. The van der Waals surface area contributed by atoms with Crippen LogP contribution in [0, 0.1) is 11.3 Å². The van der Waals surface area contributed by atoms with E-state index >= 15 is 0 Å². The van der Waals surface area contributed by atoms with E-state index in [9.17, 15) is 0 Å². The van der Waals surface area contributed by atoms with Crippen LogP contribution >= 0.6 is 0 Å². The molecule has 1 unspecified atom stereocenters. The fourth-order valence-electron chi connectivity index (χ4n) is 2.55. The third-order valence-electron chi connectivity index (χ3n) is 3.59. The van der Waals surface area contributed by atoms with Gasteiger partial charge in [0.2, 0.25) is 0 Å². The van der Waals surface area contributed by atoms with Crippen molar-refractivity contribution in [2.75, 3.05) is 0 Å². The van der Waals surface area contributed by atoms with Gasteiger partial charge in [-0.1, -0.05) is 13.3 Å². The number of rotatable bonds is 5. The van der Waals surface area contributed by atoms with E-state index in [1.54, 1.807) is 18.6 Å². The van der Waals surface area contributed by atoms with Gasteiger partial charge in [-0.25, -0.2) is 4.98 Å². The monoisotopic (exact) mass is 280 g/mol. The molecule has 3 rings (SSSR count). The van der Waals surface area contributed by atoms with Crippen molar-refractivity contribution in [2.45, 2.75) is 32.1 Å². The highest BCUT2D eigenvalue weighted by atomic mass is 16.4. The van der Waals surface area contributed by atoms with Crippen molar-refractivity contribution < 1.29 is 4.42 Å². The minimum Gasteiger partial charge on any atom is -0.440 e. The first-order valence-corrected chi connectivity index (χ1v) is 7.07. The molecule has 0 amide bonds. The first kappa shape index (κ1) is 13.4. The summed E-state index contributed by atoms with van der Waals surface area (Å²) in [7, 11) is 0. The smallest absolute Gasteiger partial charge is 0.199 e. The van der Waals surface area contributed by atoms with Crippen molar-refractivity contribution in [3.8, 4) is 17.4 Å². The van der Waals surface area contributed by atoms with Crippen LogP contribution in [0.2, 0.25) is 0 Å². The summed E-state index contributed by atoms with van der Waals surface area (Å²) in [6.45, 7) is 2.10. The molecule has 0 spiro atoms. The minimum atomic E-state index is 0.0622. The number of hydrogen-bond donors (Lipinski definition) is 1. The van der Waals surface area contributed by atoms with Crippen LogP contribution in [0.15, 0.2) is 35.3 Å². The van der Waals surface area contributed by atoms with Crippen LogP contribution in [0.4, 0.5) is 0 Å². The van der Waals surface area contributed by atoms with Gasteiger partial charge in [-0.2, -0.15) is 5.26 Å². The molecule has 3 aromatic heterocycles. The SMILES string of the molecule is CCCC(CC#N)c1ncc(-c2cncc3[nH]ccc23)o1. The molecule has 0 fully saturated rings. The zero-order valence-corrected chi connectivity index (χ0v) is 11.8. The van der Waals surface area contributed by atoms with Crippen molar-refractivity contribution in [3.63, 3.8) is 0 Å². The fourth-order valence-corrected chi connectivity index (χ4v) is 2.55. The Kier molecular flexibility index (Phi) is 3.69. The Morgan fingerprint density at radius 1 is 1.38 bits per heavy atom. The minimum absolute atomic E-state index is 0.0622. The first-order chi connectivity index (χ1) is 10.3. The van der Waals surface area contributed by atoms with Crippen LogP contribution in [-0.4, -0.2) is 15.0 Å². The Morgan fingerprint density at radius 3 is 3.10 bits per heavy atom. The van der Waals surface area contributed by atoms with E-state index in [4.69, 9.17) is 9.68 Å². The van der Waals surface area contributed by atoms with Crippen molar-refractivity contribution in [1.29, 1.82) is 5.26 Å². The molecule has 0 aliphatic rings. The fraction of sp³-hybridized carbons (Fsp3) is 0.312. The zero-order valence-electron chi connectivity index (χ0n) is 11.8. The molecule has 0 aliphatic carbocycles. The van der Waals surface area contributed by atoms with E-state index in [-0.39, 0.29) is 5.92 Å². The summed E-state index contributed by atoms with van der Waals surface area (Å²) >= 11 is 0. The highest BCUT2D eigenvalue weighted by molar-refractivity contribution is 5.92. The molecule has 106 valence electrons. The summed E-state index contributed by atoms with van der Waals surface area (Å²) in [6.07, 6.45) is 9.49. The average Bonchev–Trinajstić information content (AvgIpc) is 3.15. The van der Waals surface area contributed by atoms with E-state index in [1.165, 1.54) is 0 Å². The average molecular weight is 280 g/mol. The van der Waals surface area contributed by atoms with Crippen molar-refractivity contribution >= 4 is 10.9 Å². The van der Waals surface area contributed by atoms with Crippen molar-refractivity contribution in [3.05, 3.63) is 36.7 Å². The standard InChI is InChI=1S/C16H16N4O/c1-2-3-11(4-6-17)16-20-10-15(21-16)13-8-18-9-14-12(13)5-7-19-14/h5,7-11,19H,2-4H2,1H3. The first-order valence-electron chi connectivity index (χ1n) is 7.07. The second kappa shape index (κ2) is 5.80. The normalized spacial score (nSPS) is 12.4. The summed E-state index contributed by atoms with van der Waals surface area (Å²) in [5.41, 5.74) is 1.88. The predicted molar refractivity (Wildman–Crippen MR) is 79.5 cm³/mol. The zero-order chi connectivity index (χ0) is 14.7. The number of nitriles is 1. The molecule has 0 aromatic carbocycles. The van der Waals surface area contributed by atoms with Gasteiger partial charge >= 0.3 is 0 Å². The number of pyridine rings is 1. The van der Waals surface area contributed by atoms with Gasteiger partial charge in [0.1, 0.15) is 0 Å². The lowest BCUT2D eigenvalue weighted by atomic mass is 10.0. The summed E-state index contributed by atoms with van der Waals surface area (Å²) in [5, 5.41) is 9.98. The Labute approximate surface area is 122 Å². The molecule has 0 bridgehead atoms. The largest absolute Gasteiger partial charge is 0.440 e. The van der Waals surface area contributed by atoms with Crippen LogP contribution in [0.1, 0.15) is 38.0 Å². The quantitative estimate of drug-likeness (QED) is 0.765. The van der Waals surface area contributed by atoms with Gasteiger partial charge in [0.25, 0.3) is 0 Å². The third kappa shape index (κ3) is 2.52. The van der Waals surface area contributed by atoms with Crippen molar-refractivity contribution in [1.82, 2.24) is 15.0 Å². The maximum absolute atomic E-state index is 8.93. The molecule has 0 radical (unpaired) electrons. The van der Waals surface area contributed by atoms with E-state index in [0.717, 1.165) is 29.3 Å². The molecule has 0 saturated carbocycles. The van der Waals surface area contributed by atoms with E-state index < -0.39 is 0 Å². The number of H-pyrrole nitrogens is 1. The molecule has 3 heterocycles. The second-order valence-corrected chi connectivity index (χ2v) is 5.04. The van der Waals surface area contributed by atoms with E-state index in [0.29, 0.717) is 18.1 Å². The van der Waals surface area contributed by atoms with Gasteiger partial charge in [-0.15, -0.1) is 0 Å². The number of hydrogen-bond acceptors (Lipinski definition) is 4. The number of fused-ring (bicyclic) bond motifs is 1.